The van der Waals surface area contributed by atoms with Crippen LogP contribution < -0.4 is 10.6 Å². The van der Waals surface area contributed by atoms with E-state index < -0.39 is 6.10 Å². The quantitative estimate of drug-likeness (QED) is 0.317. The molecule has 26 heavy (non-hydrogen) atoms. The van der Waals surface area contributed by atoms with Crippen LogP contribution in [-0.4, -0.2) is 55.6 Å². The SMILES string of the molecule is CCNC(=NCC(O)c1cc2ccccc2s1)NCCC(=O)N(C)C.I. The van der Waals surface area contributed by atoms with Crippen molar-refractivity contribution in [2.45, 2.75) is 19.4 Å². The van der Waals surface area contributed by atoms with Crippen molar-refractivity contribution in [3.63, 3.8) is 0 Å². The summed E-state index contributed by atoms with van der Waals surface area (Å²) in [4.78, 5) is 18.5. The molecule has 0 radical (unpaired) electrons. The summed E-state index contributed by atoms with van der Waals surface area (Å²) in [6.07, 6.45) is -0.243. The minimum atomic E-state index is -0.642. The molecule has 1 aromatic heterocycles. The Kier molecular flexibility index (Phi) is 9.89. The minimum absolute atomic E-state index is 0. The molecule has 1 heterocycles. The van der Waals surface area contributed by atoms with E-state index in [1.54, 1.807) is 30.3 Å². The predicted molar refractivity (Wildman–Crippen MR) is 119 cm³/mol. The molecule has 1 amide bonds. The molecule has 144 valence electrons. The van der Waals surface area contributed by atoms with E-state index in [1.807, 2.05) is 37.3 Å². The number of fused-ring (bicyclic) bond motifs is 1. The number of hydrogen-bond donors (Lipinski definition) is 3. The molecule has 8 heteroatoms. The lowest BCUT2D eigenvalue weighted by molar-refractivity contribution is -0.128. The normalized spacial score (nSPS) is 12.4. The molecule has 0 saturated carbocycles. The summed E-state index contributed by atoms with van der Waals surface area (Å²) in [5.74, 6) is 0.669. The highest BCUT2D eigenvalue weighted by molar-refractivity contribution is 14.0. The van der Waals surface area contributed by atoms with Crippen LogP contribution in [0.25, 0.3) is 10.1 Å². The minimum Gasteiger partial charge on any atom is -0.386 e. The summed E-state index contributed by atoms with van der Waals surface area (Å²) in [6, 6.07) is 10.1. The van der Waals surface area contributed by atoms with Crippen LogP contribution in [0.2, 0.25) is 0 Å². The van der Waals surface area contributed by atoms with Crippen molar-refractivity contribution in [3.05, 3.63) is 35.2 Å². The van der Waals surface area contributed by atoms with Gasteiger partial charge in [-0.2, -0.15) is 0 Å². The Morgan fingerprint density at radius 1 is 1.31 bits per heavy atom. The molecule has 0 spiro atoms. The molecule has 1 aromatic carbocycles. The van der Waals surface area contributed by atoms with E-state index in [0.717, 1.165) is 15.0 Å². The third-order valence-electron chi connectivity index (χ3n) is 3.67. The number of nitrogens with zero attached hydrogens (tertiary/aromatic N) is 2. The van der Waals surface area contributed by atoms with Gasteiger partial charge in [0.2, 0.25) is 5.91 Å². The number of aliphatic imine (C=N–C) groups is 1. The van der Waals surface area contributed by atoms with Crippen LogP contribution in [0, 0.1) is 0 Å². The maximum absolute atomic E-state index is 11.6. The maximum Gasteiger partial charge on any atom is 0.223 e. The first-order valence-corrected chi connectivity index (χ1v) is 9.21. The van der Waals surface area contributed by atoms with Crippen molar-refractivity contribution in [2.24, 2.45) is 4.99 Å². The molecule has 0 fully saturated rings. The van der Waals surface area contributed by atoms with Crippen LogP contribution in [0.5, 0.6) is 0 Å². The van der Waals surface area contributed by atoms with Crippen molar-refractivity contribution >= 4 is 57.3 Å². The van der Waals surface area contributed by atoms with Gasteiger partial charge in [-0.05, 0) is 24.4 Å². The van der Waals surface area contributed by atoms with E-state index in [4.69, 9.17) is 0 Å². The molecule has 0 aliphatic rings. The molecule has 3 N–H and O–H groups in total. The summed E-state index contributed by atoms with van der Waals surface area (Å²) < 4.78 is 1.16. The first kappa shape index (κ1) is 22.7. The zero-order valence-electron chi connectivity index (χ0n) is 15.4. The van der Waals surface area contributed by atoms with E-state index in [1.165, 1.54) is 0 Å². The number of carbonyl (C=O) groups is 1. The molecule has 2 rings (SSSR count). The number of aliphatic hydroxyl groups is 1. The van der Waals surface area contributed by atoms with Crippen molar-refractivity contribution in [1.82, 2.24) is 15.5 Å². The molecule has 1 atom stereocenters. The monoisotopic (exact) mass is 490 g/mol. The Balaban J connectivity index is 0.00000338. The number of aliphatic hydroxyl groups excluding tert-OH is 1. The van der Waals surface area contributed by atoms with Gasteiger partial charge >= 0.3 is 0 Å². The largest absolute Gasteiger partial charge is 0.386 e. The van der Waals surface area contributed by atoms with Crippen LogP contribution in [0.4, 0.5) is 0 Å². The van der Waals surface area contributed by atoms with Gasteiger partial charge in [0.25, 0.3) is 0 Å². The molecule has 0 aliphatic heterocycles. The molecular formula is C18H27IN4O2S. The second-order valence-electron chi connectivity index (χ2n) is 5.89. The lowest BCUT2D eigenvalue weighted by Gasteiger charge is -2.14. The fraction of sp³-hybridized carbons (Fsp3) is 0.444. The van der Waals surface area contributed by atoms with Crippen molar-refractivity contribution in [2.75, 3.05) is 33.7 Å². The first-order valence-electron chi connectivity index (χ1n) is 8.40. The molecule has 2 aromatic rings. The number of halogens is 1. The molecule has 0 aliphatic carbocycles. The van der Waals surface area contributed by atoms with E-state index in [2.05, 4.69) is 15.6 Å². The third-order valence-corrected chi connectivity index (χ3v) is 4.89. The molecule has 1 unspecified atom stereocenters. The molecule has 0 saturated heterocycles. The van der Waals surface area contributed by atoms with Crippen LogP contribution >= 0.6 is 35.3 Å². The smallest absolute Gasteiger partial charge is 0.223 e. The number of carbonyl (C=O) groups excluding carboxylic acids is 1. The summed E-state index contributed by atoms with van der Waals surface area (Å²) in [7, 11) is 3.48. The van der Waals surface area contributed by atoms with E-state index >= 15 is 0 Å². The van der Waals surface area contributed by atoms with Crippen LogP contribution in [0.1, 0.15) is 24.3 Å². The Labute approximate surface area is 175 Å². The topological polar surface area (TPSA) is 77.0 Å². The highest BCUT2D eigenvalue weighted by Crippen LogP contribution is 2.29. The average Bonchev–Trinajstić information content (AvgIpc) is 3.03. The zero-order valence-corrected chi connectivity index (χ0v) is 18.5. The summed E-state index contributed by atoms with van der Waals surface area (Å²) in [5, 5.41) is 17.8. The molecule has 0 bridgehead atoms. The molecular weight excluding hydrogens is 463 g/mol. The number of nitrogens with one attached hydrogen (secondary N) is 2. The van der Waals surface area contributed by atoms with Gasteiger partial charge in [-0.1, -0.05) is 18.2 Å². The van der Waals surface area contributed by atoms with Gasteiger partial charge in [-0.3, -0.25) is 9.79 Å². The molecule has 6 nitrogen and oxygen atoms in total. The van der Waals surface area contributed by atoms with Gasteiger partial charge in [0.1, 0.15) is 6.10 Å². The van der Waals surface area contributed by atoms with Crippen molar-refractivity contribution < 1.29 is 9.90 Å². The van der Waals surface area contributed by atoms with E-state index in [0.29, 0.717) is 25.5 Å². The van der Waals surface area contributed by atoms with Gasteiger partial charge < -0.3 is 20.6 Å². The number of hydrogen-bond acceptors (Lipinski definition) is 4. The average molecular weight is 490 g/mol. The second-order valence-corrected chi connectivity index (χ2v) is 7.00. The standard InChI is InChI=1S/C18H26N4O2S.HI/c1-4-19-18(20-10-9-17(24)22(2)3)21-12-14(23)16-11-13-7-5-6-8-15(13)25-16;/h5-8,11,14,23H,4,9-10,12H2,1-3H3,(H2,19,20,21);1H. The summed E-state index contributed by atoms with van der Waals surface area (Å²) in [6.45, 7) is 3.46. The number of amides is 1. The number of rotatable bonds is 7. The van der Waals surface area contributed by atoms with Gasteiger partial charge in [0, 0.05) is 43.2 Å². The summed E-state index contributed by atoms with van der Waals surface area (Å²) in [5.41, 5.74) is 0. The van der Waals surface area contributed by atoms with E-state index in [9.17, 15) is 9.90 Å². The van der Waals surface area contributed by atoms with Crippen LogP contribution in [0.3, 0.4) is 0 Å². The van der Waals surface area contributed by atoms with Crippen molar-refractivity contribution in [1.29, 1.82) is 0 Å². The number of guanidine groups is 1. The number of benzene rings is 1. The van der Waals surface area contributed by atoms with Gasteiger partial charge in [-0.15, -0.1) is 35.3 Å². The predicted octanol–water partition coefficient (Wildman–Crippen LogP) is 2.59. The number of thiophene rings is 1. The zero-order chi connectivity index (χ0) is 18.2. The van der Waals surface area contributed by atoms with Crippen molar-refractivity contribution in [3.8, 4) is 0 Å². The highest BCUT2D eigenvalue weighted by Gasteiger charge is 2.11. The lowest BCUT2D eigenvalue weighted by Crippen LogP contribution is -2.39. The van der Waals surface area contributed by atoms with Gasteiger partial charge in [-0.25, -0.2) is 0 Å². The van der Waals surface area contributed by atoms with Gasteiger partial charge in [0.05, 0.1) is 6.54 Å². The maximum atomic E-state index is 11.6. The third kappa shape index (κ3) is 6.73. The van der Waals surface area contributed by atoms with Crippen LogP contribution in [0.15, 0.2) is 35.3 Å². The highest BCUT2D eigenvalue weighted by atomic mass is 127. The fourth-order valence-corrected chi connectivity index (χ4v) is 3.33. The Morgan fingerprint density at radius 3 is 2.69 bits per heavy atom. The fourth-order valence-electron chi connectivity index (χ4n) is 2.29. The lowest BCUT2D eigenvalue weighted by atomic mass is 10.2. The second kappa shape index (κ2) is 11.3. The van der Waals surface area contributed by atoms with Gasteiger partial charge in [0.15, 0.2) is 5.96 Å². The Bertz CT molecular complexity index is 700. The Morgan fingerprint density at radius 2 is 2.04 bits per heavy atom. The van der Waals surface area contributed by atoms with Crippen LogP contribution in [-0.2, 0) is 4.79 Å². The first-order chi connectivity index (χ1) is 12.0. The summed E-state index contributed by atoms with van der Waals surface area (Å²) >= 11 is 1.59. The Hall–Kier alpha value is -1.39. The van der Waals surface area contributed by atoms with E-state index in [-0.39, 0.29) is 36.4 Å².